The minimum absolute atomic E-state index is 0.315. The average Bonchev–Trinajstić information content (AvgIpc) is 3.24. The zero-order valence-corrected chi connectivity index (χ0v) is 15.8. The van der Waals surface area contributed by atoms with E-state index >= 15 is 0 Å². The number of thiazole rings is 1. The highest BCUT2D eigenvalue weighted by Crippen LogP contribution is 2.33. The van der Waals surface area contributed by atoms with Gasteiger partial charge in [-0.2, -0.15) is 0 Å². The molecule has 1 N–H and O–H groups in total. The van der Waals surface area contributed by atoms with Crippen LogP contribution in [0.15, 0.2) is 36.8 Å². The van der Waals surface area contributed by atoms with Crippen molar-refractivity contribution in [2.75, 3.05) is 11.9 Å². The van der Waals surface area contributed by atoms with Gasteiger partial charge in [-0.3, -0.25) is 9.88 Å². The van der Waals surface area contributed by atoms with Crippen molar-refractivity contribution in [2.45, 2.75) is 39.3 Å². The van der Waals surface area contributed by atoms with Crippen LogP contribution < -0.4 is 5.32 Å². The summed E-state index contributed by atoms with van der Waals surface area (Å²) in [5, 5.41) is 4.19. The molecule has 26 heavy (non-hydrogen) atoms. The highest BCUT2D eigenvalue weighted by molar-refractivity contribution is 7.15. The van der Waals surface area contributed by atoms with Crippen LogP contribution in [0.25, 0.3) is 0 Å². The molecular weight excluding hydrogens is 344 g/mol. The van der Waals surface area contributed by atoms with E-state index in [1.165, 1.54) is 16.9 Å². The molecule has 0 aromatic carbocycles. The molecule has 1 aliphatic heterocycles. The fraction of sp³-hybridized carbons (Fsp3) is 0.368. The fourth-order valence-electron chi connectivity index (χ4n) is 3.42. The van der Waals surface area contributed by atoms with Crippen molar-refractivity contribution in [3.63, 3.8) is 0 Å². The molecule has 134 valence electrons. The molecule has 3 aromatic rings. The molecule has 0 aliphatic carbocycles. The summed E-state index contributed by atoms with van der Waals surface area (Å²) in [6.45, 7) is 5.98. The smallest absolute Gasteiger partial charge is 0.188 e. The van der Waals surface area contributed by atoms with Gasteiger partial charge in [-0.25, -0.2) is 15.0 Å². The molecule has 7 heteroatoms. The van der Waals surface area contributed by atoms with Crippen molar-refractivity contribution in [3.8, 4) is 0 Å². The second-order valence-electron chi connectivity index (χ2n) is 6.62. The van der Waals surface area contributed by atoms with Crippen LogP contribution in [0.1, 0.15) is 40.8 Å². The Morgan fingerprint density at radius 1 is 1.27 bits per heavy atom. The molecule has 0 saturated carbocycles. The van der Waals surface area contributed by atoms with Crippen molar-refractivity contribution in [3.05, 3.63) is 58.7 Å². The first-order valence-corrected chi connectivity index (χ1v) is 9.67. The Labute approximate surface area is 157 Å². The predicted octanol–water partition coefficient (Wildman–Crippen LogP) is 4.03. The highest BCUT2D eigenvalue weighted by atomic mass is 32.1. The topological polar surface area (TPSA) is 66.8 Å². The number of anilines is 2. The van der Waals surface area contributed by atoms with Gasteiger partial charge in [0.05, 0.1) is 11.7 Å². The third-order valence-electron chi connectivity index (χ3n) is 4.53. The zero-order valence-electron chi connectivity index (χ0n) is 15.0. The van der Waals surface area contributed by atoms with Crippen LogP contribution in [0.2, 0.25) is 0 Å². The quantitative estimate of drug-likeness (QED) is 0.735. The van der Waals surface area contributed by atoms with Gasteiger partial charge in [-0.05, 0) is 44.9 Å². The van der Waals surface area contributed by atoms with E-state index in [1.54, 1.807) is 11.3 Å². The average molecular weight is 366 g/mol. The number of aryl methyl sites for hydroxylation is 2. The first-order valence-electron chi connectivity index (χ1n) is 8.85. The number of nitrogens with one attached hydrogen (secondary N) is 1. The summed E-state index contributed by atoms with van der Waals surface area (Å²) in [6.07, 6.45) is 7.93. The molecule has 1 atom stereocenters. The maximum Gasteiger partial charge on any atom is 0.188 e. The standard InChI is InChI=1S/C19H22N6S/c1-13-10-21-19(26-13)24-18-9-16(22-14(2)23-18)17-6-4-8-25(17)12-15-5-3-7-20-11-15/h3,5,7,9-11,17H,4,6,8,12H2,1-2H3,(H,21,22,23,24)/t17-/m1/s1. The highest BCUT2D eigenvalue weighted by Gasteiger charge is 2.27. The summed E-state index contributed by atoms with van der Waals surface area (Å²) in [4.78, 5) is 21.5. The minimum Gasteiger partial charge on any atom is -0.316 e. The lowest BCUT2D eigenvalue weighted by atomic mass is 10.1. The third-order valence-corrected chi connectivity index (χ3v) is 5.36. The van der Waals surface area contributed by atoms with E-state index < -0.39 is 0 Å². The lowest BCUT2D eigenvalue weighted by Gasteiger charge is -2.24. The Morgan fingerprint density at radius 3 is 2.96 bits per heavy atom. The summed E-state index contributed by atoms with van der Waals surface area (Å²) in [5.41, 5.74) is 2.32. The van der Waals surface area contributed by atoms with E-state index in [0.29, 0.717) is 6.04 Å². The van der Waals surface area contributed by atoms with Crippen molar-refractivity contribution >= 4 is 22.3 Å². The Kier molecular flexibility index (Phi) is 4.90. The molecule has 1 aliphatic rings. The van der Waals surface area contributed by atoms with Crippen LogP contribution in [-0.2, 0) is 6.54 Å². The lowest BCUT2D eigenvalue weighted by Crippen LogP contribution is -2.24. The third kappa shape index (κ3) is 3.89. The maximum absolute atomic E-state index is 4.73. The van der Waals surface area contributed by atoms with Crippen molar-refractivity contribution in [2.24, 2.45) is 0 Å². The molecule has 4 rings (SSSR count). The molecule has 0 bridgehead atoms. The number of nitrogens with zero attached hydrogens (tertiary/aromatic N) is 5. The summed E-state index contributed by atoms with van der Waals surface area (Å²) >= 11 is 1.63. The summed E-state index contributed by atoms with van der Waals surface area (Å²) < 4.78 is 0. The molecular formula is C19H22N6S. The van der Waals surface area contributed by atoms with Gasteiger partial charge in [0, 0.05) is 36.1 Å². The molecule has 0 radical (unpaired) electrons. The predicted molar refractivity (Wildman–Crippen MR) is 104 cm³/mol. The summed E-state index contributed by atoms with van der Waals surface area (Å²) in [5.74, 6) is 1.60. The zero-order chi connectivity index (χ0) is 17.9. The second kappa shape index (κ2) is 7.47. The normalized spacial score (nSPS) is 17.5. The van der Waals surface area contributed by atoms with Gasteiger partial charge in [0.2, 0.25) is 0 Å². The molecule has 0 unspecified atom stereocenters. The van der Waals surface area contributed by atoms with E-state index in [2.05, 4.69) is 37.3 Å². The molecule has 0 amide bonds. The van der Waals surface area contributed by atoms with Crippen LogP contribution in [-0.4, -0.2) is 31.4 Å². The SMILES string of the molecule is Cc1nc(Nc2ncc(C)s2)cc([C@H]2CCCN2Cc2cccnc2)n1. The first-order chi connectivity index (χ1) is 12.7. The number of likely N-dealkylation sites (tertiary alicyclic amines) is 1. The molecule has 6 nitrogen and oxygen atoms in total. The van der Waals surface area contributed by atoms with Gasteiger partial charge in [0.1, 0.15) is 11.6 Å². The number of hydrogen-bond acceptors (Lipinski definition) is 7. The van der Waals surface area contributed by atoms with Gasteiger partial charge < -0.3 is 5.32 Å². The van der Waals surface area contributed by atoms with Crippen LogP contribution in [0.3, 0.4) is 0 Å². The van der Waals surface area contributed by atoms with Gasteiger partial charge in [-0.15, -0.1) is 11.3 Å². The molecule has 1 fully saturated rings. The van der Waals surface area contributed by atoms with Crippen molar-refractivity contribution in [1.29, 1.82) is 0 Å². The minimum atomic E-state index is 0.315. The Morgan fingerprint density at radius 2 is 2.19 bits per heavy atom. The van der Waals surface area contributed by atoms with Crippen LogP contribution >= 0.6 is 11.3 Å². The number of rotatable bonds is 5. The largest absolute Gasteiger partial charge is 0.316 e. The molecule has 3 aromatic heterocycles. The first kappa shape index (κ1) is 17.1. The number of pyridine rings is 1. The molecule has 1 saturated heterocycles. The molecule has 4 heterocycles. The van der Waals surface area contributed by atoms with E-state index in [9.17, 15) is 0 Å². The van der Waals surface area contributed by atoms with Crippen molar-refractivity contribution < 1.29 is 0 Å². The van der Waals surface area contributed by atoms with Crippen molar-refractivity contribution in [1.82, 2.24) is 24.8 Å². The summed E-state index contributed by atoms with van der Waals surface area (Å²) in [6, 6.07) is 6.50. The van der Waals surface area contributed by atoms with Crippen LogP contribution in [0.4, 0.5) is 10.9 Å². The monoisotopic (exact) mass is 366 g/mol. The lowest BCUT2D eigenvalue weighted by molar-refractivity contribution is 0.244. The Hall–Kier alpha value is -2.38. The van der Waals surface area contributed by atoms with Gasteiger partial charge in [0.25, 0.3) is 0 Å². The van der Waals surface area contributed by atoms with Gasteiger partial charge in [0.15, 0.2) is 5.13 Å². The number of aromatic nitrogens is 4. The second-order valence-corrected chi connectivity index (χ2v) is 7.85. The Bertz CT molecular complexity index is 879. The number of hydrogen-bond donors (Lipinski definition) is 1. The van der Waals surface area contributed by atoms with Crippen LogP contribution in [0.5, 0.6) is 0 Å². The van der Waals surface area contributed by atoms with Gasteiger partial charge >= 0.3 is 0 Å². The van der Waals surface area contributed by atoms with Crippen LogP contribution in [0, 0.1) is 13.8 Å². The van der Waals surface area contributed by atoms with E-state index in [4.69, 9.17) is 4.98 Å². The maximum atomic E-state index is 4.73. The molecule has 0 spiro atoms. The van der Waals surface area contributed by atoms with E-state index in [1.807, 2.05) is 38.5 Å². The van der Waals surface area contributed by atoms with E-state index in [0.717, 1.165) is 42.0 Å². The Balaban J connectivity index is 1.55. The summed E-state index contributed by atoms with van der Waals surface area (Å²) in [7, 11) is 0. The van der Waals surface area contributed by atoms with Gasteiger partial charge in [-0.1, -0.05) is 6.07 Å². The fourth-order valence-corrected chi connectivity index (χ4v) is 4.10. The van der Waals surface area contributed by atoms with E-state index in [-0.39, 0.29) is 0 Å².